The number of aromatic nitrogens is 1. The third-order valence-electron chi connectivity index (χ3n) is 5.55. The maximum Gasteiger partial charge on any atom is 0.416 e. The number of phenols is 1. The summed E-state index contributed by atoms with van der Waals surface area (Å²) >= 11 is 6.22. The molecule has 4 aromatic rings. The summed E-state index contributed by atoms with van der Waals surface area (Å²) in [5, 5.41) is 11.4. The normalized spacial score (nSPS) is 15.7. The molecule has 2 heterocycles. The quantitative estimate of drug-likeness (QED) is 0.416. The number of amides is 1. The summed E-state index contributed by atoms with van der Waals surface area (Å²) < 4.78 is 18.7. The second kappa shape index (κ2) is 7.63. The van der Waals surface area contributed by atoms with Gasteiger partial charge < -0.3 is 14.8 Å². The zero-order chi connectivity index (χ0) is 21.5. The number of nitrogens with one attached hydrogen (secondary N) is 1. The van der Waals surface area contributed by atoms with Crippen LogP contribution in [0.3, 0.4) is 0 Å². The lowest BCUT2D eigenvalue weighted by Crippen LogP contribution is -2.42. The van der Waals surface area contributed by atoms with E-state index < -0.39 is 18.0 Å². The highest BCUT2D eigenvalue weighted by Crippen LogP contribution is 2.39. The van der Waals surface area contributed by atoms with Gasteiger partial charge in [0.15, 0.2) is 0 Å². The van der Waals surface area contributed by atoms with Crippen LogP contribution in [0.1, 0.15) is 22.9 Å². The Labute approximate surface area is 182 Å². The minimum absolute atomic E-state index is 0.142. The second-order valence-electron chi connectivity index (χ2n) is 7.47. The molecule has 0 fully saturated rings. The van der Waals surface area contributed by atoms with Crippen LogP contribution in [-0.2, 0) is 6.42 Å². The average Bonchev–Trinajstić information content (AvgIpc) is 3.13. The number of carbonyl (C=O) groups is 1. The summed E-state index contributed by atoms with van der Waals surface area (Å²) in [7, 11) is 0. The molecule has 5 rings (SSSR count). The number of fused-ring (bicyclic) bond motifs is 3. The Morgan fingerprint density at radius 2 is 1.84 bits per heavy atom. The maximum absolute atomic E-state index is 13.2. The van der Waals surface area contributed by atoms with Crippen molar-refractivity contribution < 1.29 is 19.0 Å². The molecule has 7 heteroatoms. The van der Waals surface area contributed by atoms with E-state index in [9.17, 15) is 14.3 Å². The molecule has 0 radical (unpaired) electrons. The van der Waals surface area contributed by atoms with Crippen molar-refractivity contribution in [3.63, 3.8) is 0 Å². The molecular weight excluding hydrogens is 419 g/mol. The van der Waals surface area contributed by atoms with Crippen LogP contribution in [0.4, 0.5) is 9.18 Å². The second-order valence-corrected chi connectivity index (χ2v) is 7.90. The molecular formula is C24H18ClFN2O3. The largest absolute Gasteiger partial charge is 0.508 e. The van der Waals surface area contributed by atoms with Crippen LogP contribution >= 0.6 is 11.6 Å². The number of H-pyrrole nitrogens is 1. The lowest BCUT2D eigenvalue weighted by atomic mass is 9.92. The lowest BCUT2D eigenvalue weighted by Gasteiger charge is -2.35. The predicted molar refractivity (Wildman–Crippen MR) is 116 cm³/mol. The fourth-order valence-electron chi connectivity index (χ4n) is 4.12. The molecule has 0 bridgehead atoms. The van der Waals surface area contributed by atoms with Crippen LogP contribution in [0, 0.1) is 5.82 Å². The number of rotatable bonds is 2. The molecule has 1 aliphatic heterocycles. The molecule has 0 spiro atoms. The highest BCUT2D eigenvalue weighted by Gasteiger charge is 2.35. The first-order valence-electron chi connectivity index (χ1n) is 9.82. The Morgan fingerprint density at radius 1 is 1.10 bits per heavy atom. The van der Waals surface area contributed by atoms with Crippen LogP contribution in [0.15, 0.2) is 66.7 Å². The predicted octanol–water partition coefficient (Wildman–Crippen LogP) is 5.81. The maximum atomic E-state index is 13.2. The number of hydrogen-bond donors (Lipinski definition) is 2. The fraction of sp³-hybridized carbons (Fsp3) is 0.125. The van der Waals surface area contributed by atoms with E-state index in [4.69, 9.17) is 16.3 Å². The third-order valence-corrected chi connectivity index (χ3v) is 5.79. The molecule has 1 atom stereocenters. The molecule has 31 heavy (non-hydrogen) atoms. The minimum Gasteiger partial charge on any atom is -0.508 e. The van der Waals surface area contributed by atoms with Gasteiger partial charge in [-0.3, -0.25) is 4.90 Å². The summed E-state index contributed by atoms with van der Waals surface area (Å²) in [5.41, 5.74) is 3.74. The van der Waals surface area contributed by atoms with Crippen molar-refractivity contribution in [3.8, 4) is 11.5 Å². The number of aromatic amines is 1. The van der Waals surface area contributed by atoms with E-state index in [0.717, 1.165) is 27.7 Å². The van der Waals surface area contributed by atoms with Gasteiger partial charge in [0, 0.05) is 28.2 Å². The Kier molecular flexibility index (Phi) is 4.79. The van der Waals surface area contributed by atoms with E-state index >= 15 is 0 Å². The van der Waals surface area contributed by atoms with Crippen molar-refractivity contribution >= 4 is 28.6 Å². The van der Waals surface area contributed by atoms with Crippen molar-refractivity contribution in [1.29, 1.82) is 0 Å². The lowest BCUT2D eigenvalue weighted by molar-refractivity contribution is 0.135. The van der Waals surface area contributed by atoms with Crippen LogP contribution in [0.2, 0.25) is 5.02 Å². The molecule has 1 unspecified atom stereocenters. The molecule has 156 valence electrons. The summed E-state index contributed by atoms with van der Waals surface area (Å²) in [5.74, 6) is 0.00912. The number of carbonyl (C=O) groups excluding carboxylic acids is 1. The van der Waals surface area contributed by atoms with E-state index in [1.807, 2.05) is 18.2 Å². The van der Waals surface area contributed by atoms with E-state index in [0.29, 0.717) is 18.0 Å². The number of phenolic OH excluding ortho intramolecular Hbond substituents is 1. The molecule has 3 aromatic carbocycles. The molecule has 5 nitrogen and oxygen atoms in total. The Hall–Kier alpha value is -3.51. The molecule has 1 aromatic heterocycles. The van der Waals surface area contributed by atoms with E-state index in [1.54, 1.807) is 29.2 Å². The minimum atomic E-state index is -0.535. The zero-order valence-corrected chi connectivity index (χ0v) is 17.1. The number of nitrogens with zero attached hydrogens (tertiary/aromatic N) is 1. The first kappa shape index (κ1) is 19.5. The highest BCUT2D eigenvalue weighted by molar-refractivity contribution is 6.31. The number of benzene rings is 3. The molecule has 1 amide bonds. The van der Waals surface area contributed by atoms with E-state index in [2.05, 4.69) is 4.98 Å². The Bertz CT molecular complexity index is 1270. The van der Waals surface area contributed by atoms with Crippen molar-refractivity contribution in [2.75, 3.05) is 6.54 Å². The Balaban J connectivity index is 1.58. The summed E-state index contributed by atoms with van der Waals surface area (Å²) in [6.45, 7) is 0.429. The van der Waals surface area contributed by atoms with Crippen molar-refractivity contribution in [1.82, 2.24) is 9.88 Å². The van der Waals surface area contributed by atoms with Crippen LogP contribution in [0.25, 0.3) is 10.9 Å². The van der Waals surface area contributed by atoms with Gasteiger partial charge in [0.25, 0.3) is 0 Å². The van der Waals surface area contributed by atoms with Gasteiger partial charge in [-0.15, -0.1) is 0 Å². The number of halogens is 2. The average molecular weight is 437 g/mol. The monoisotopic (exact) mass is 436 g/mol. The van der Waals surface area contributed by atoms with Gasteiger partial charge in [-0.25, -0.2) is 9.18 Å². The van der Waals surface area contributed by atoms with Crippen molar-refractivity contribution in [3.05, 3.63) is 94.4 Å². The van der Waals surface area contributed by atoms with Crippen LogP contribution in [0.5, 0.6) is 11.5 Å². The summed E-state index contributed by atoms with van der Waals surface area (Å²) in [4.78, 5) is 18.2. The van der Waals surface area contributed by atoms with Gasteiger partial charge in [-0.1, -0.05) is 23.7 Å². The zero-order valence-electron chi connectivity index (χ0n) is 16.3. The number of hydrogen-bond acceptors (Lipinski definition) is 3. The number of ether oxygens (including phenoxy) is 1. The molecule has 1 aliphatic rings. The standard InChI is InChI=1S/C24H18ClFN2O3/c25-15-3-10-21-20(13-15)19-11-12-28(24(30)31-18-8-4-16(26)5-9-18)23(22(19)27-21)14-1-6-17(29)7-2-14/h1-10,13,23,27,29H,11-12H2. The van der Waals surface area contributed by atoms with Crippen molar-refractivity contribution in [2.45, 2.75) is 12.5 Å². The van der Waals surface area contributed by atoms with Gasteiger partial charge >= 0.3 is 6.09 Å². The third kappa shape index (κ3) is 3.59. The smallest absolute Gasteiger partial charge is 0.416 e. The van der Waals surface area contributed by atoms with Crippen LogP contribution < -0.4 is 4.74 Å². The van der Waals surface area contributed by atoms with Gasteiger partial charge in [-0.2, -0.15) is 0 Å². The van der Waals surface area contributed by atoms with Crippen molar-refractivity contribution in [2.24, 2.45) is 0 Å². The van der Waals surface area contributed by atoms with Gasteiger partial charge in [0.1, 0.15) is 23.4 Å². The van der Waals surface area contributed by atoms with Gasteiger partial charge in [-0.05, 0) is 72.1 Å². The van der Waals surface area contributed by atoms with Gasteiger partial charge in [0.2, 0.25) is 0 Å². The molecule has 2 N–H and O–H groups in total. The SMILES string of the molecule is O=C(Oc1ccc(F)cc1)N1CCc2c([nH]c3ccc(Cl)cc23)C1c1ccc(O)cc1. The fourth-order valence-corrected chi connectivity index (χ4v) is 4.29. The number of aromatic hydroxyl groups is 1. The topological polar surface area (TPSA) is 65.6 Å². The molecule has 0 aliphatic carbocycles. The molecule has 0 saturated carbocycles. The van der Waals surface area contributed by atoms with Crippen LogP contribution in [-0.4, -0.2) is 27.6 Å². The Morgan fingerprint density at radius 3 is 2.58 bits per heavy atom. The van der Waals surface area contributed by atoms with Gasteiger partial charge in [0.05, 0.1) is 0 Å². The highest BCUT2D eigenvalue weighted by atomic mass is 35.5. The first-order chi connectivity index (χ1) is 15.0. The summed E-state index contributed by atoms with van der Waals surface area (Å²) in [6, 6.07) is 17.3. The summed E-state index contributed by atoms with van der Waals surface area (Å²) in [6.07, 6.45) is 0.0926. The van der Waals surface area contributed by atoms with E-state index in [1.165, 1.54) is 24.3 Å². The first-order valence-corrected chi connectivity index (χ1v) is 10.2. The van der Waals surface area contributed by atoms with E-state index in [-0.39, 0.29) is 11.5 Å². The molecule has 0 saturated heterocycles.